The van der Waals surface area contributed by atoms with Crippen molar-refractivity contribution in [3.8, 4) is 0 Å². The second-order valence-corrected chi connectivity index (χ2v) is 4.00. The van der Waals surface area contributed by atoms with Gasteiger partial charge in [0.15, 0.2) is 0 Å². The molecule has 0 aromatic heterocycles. The third kappa shape index (κ3) is 4.70. The standard InChI is InChI=1S/C9H21NS/c1-5-9(6-2)10(11)7-8(3)4/h8-9,11H,5-7H2,1-4H3. The summed E-state index contributed by atoms with van der Waals surface area (Å²) in [6, 6.07) is 0.653. The Balaban J connectivity index is 3.68. The number of hydrogen-bond donors (Lipinski definition) is 1. The first-order valence-corrected chi connectivity index (χ1v) is 4.97. The molecule has 0 amide bonds. The Morgan fingerprint density at radius 3 is 1.91 bits per heavy atom. The van der Waals surface area contributed by atoms with Crippen molar-refractivity contribution >= 4 is 12.8 Å². The van der Waals surface area contributed by atoms with Gasteiger partial charge >= 0.3 is 0 Å². The number of hydrogen-bond acceptors (Lipinski definition) is 2. The molecule has 0 aliphatic carbocycles. The van der Waals surface area contributed by atoms with Crippen molar-refractivity contribution in [3.63, 3.8) is 0 Å². The van der Waals surface area contributed by atoms with Crippen LogP contribution in [0.5, 0.6) is 0 Å². The third-order valence-corrected chi connectivity index (χ3v) is 2.41. The van der Waals surface area contributed by atoms with E-state index in [9.17, 15) is 0 Å². The Hall–Kier alpha value is 0.310. The van der Waals surface area contributed by atoms with Crippen molar-refractivity contribution in [1.29, 1.82) is 0 Å². The van der Waals surface area contributed by atoms with E-state index in [1.54, 1.807) is 0 Å². The summed E-state index contributed by atoms with van der Waals surface area (Å²) in [5.41, 5.74) is 0. The van der Waals surface area contributed by atoms with Crippen molar-refractivity contribution < 1.29 is 0 Å². The second kappa shape index (κ2) is 5.90. The van der Waals surface area contributed by atoms with Gasteiger partial charge < -0.3 is 0 Å². The van der Waals surface area contributed by atoms with Crippen LogP contribution in [0.15, 0.2) is 0 Å². The Morgan fingerprint density at radius 2 is 1.64 bits per heavy atom. The van der Waals surface area contributed by atoms with Crippen molar-refractivity contribution in [3.05, 3.63) is 0 Å². The van der Waals surface area contributed by atoms with Crippen LogP contribution in [0.1, 0.15) is 40.5 Å². The monoisotopic (exact) mass is 175 g/mol. The predicted molar refractivity (Wildman–Crippen MR) is 54.9 cm³/mol. The Labute approximate surface area is 76.7 Å². The lowest BCUT2D eigenvalue weighted by Gasteiger charge is -2.25. The lowest BCUT2D eigenvalue weighted by molar-refractivity contribution is 0.306. The molecule has 0 aliphatic heterocycles. The highest BCUT2D eigenvalue weighted by Crippen LogP contribution is 2.12. The van der Waals surface area contributed by atoms with Gasteiger partial charge in [-0.15, -0.1) is 0 Å². The number of thiol groups is 1. The van der Waals surface area contributed by atoms with Crippen LogP contribution in [0.2, 0.25) is 0 Å². The molecule has 1 nitrogen and oxygen atoms in total. The minimum atomic E-state index is 0.653. The zero-order valence-corrected chi connectivity index (χ0v) is 9.06. The lowest BCUT2D eigenvalue weighted by Crippen LogP contribution is -2.29. The molecule has 0 atom stereocenters. The van der Waals surface area contributed by atoms with Crippen LogP contribution < -0.4 is 0 Å². The van der Waals surface area contributed by atoms with Crippen molar-refractivity contribution in [2.45, 2.75) is 46.6 Å². The summed E-state index contributed by atoms with van der Waals surface area (Å²) >= 11 is 4.46. The van der Waals surface area contributed by atoms with E-state index >= 15 is 0 Å². The van der Waals surface area contributed by atoms with Gasteiger partial charge in [0.2, 0.25) is 0 Å². The molecule has 0 aromatic carbocycles. The van der Waals surface area contributed by atoms with Gasteiger partial charge in [-0.3, -0.25) is 0 Å². The van der Waals surface area contributed by atoms with Crippen molar-refractivity contribution in [2.24, 2.45) is 5.92 Å². The van der Waals surface area contributed by atoms with Crippen molar-refractivity contribution in [2.75, 3.05) is 6.54 Å². The largest absolute Gasteiger partial charge is 0.250 e. The molecule has 11 heavy (non-hydrogen) atoms. The van der Waals surface area contributed by atoms with E-state index in [2.05, 4.69) is 44.8 Å². The van der Waals surface area contributed by atoms with E-state index < -0.39 is 0 Å². The molecule has 2 heteroatoms. The van der Waals surface area contributed by atoms with Crippen LogP contribution in [0, 0.1) is 5.92 Å². The SMILES string of the molecule is CCC(CC)N(S)CC(C)C. The number of nitrogens with zero attached hydrogens (tertiary/aromatic N) is 1. The number of rotatable bonds is 5. The summed E-state index contributed by atoms with van der Waals surface area (Å²) in [6.07, 6.45) is 2.40. The average molecular weight is 175 g/mol. The van der Waals surface area contributed by atoms with Gasteiger partial charge in [-0.1, -0.05) is 40.5 Å². The summed E-state index contributed by atoms with van der Waals surface area (Å²) in [7, 11) is 0. The fourth-order valence-electron chi connectivity index (χ4n) is 1.23. The molecule has 0 N–H and O–H groups in total. The highest BCUT2D eigenvalue weighted by atomic mass is 32.1. The highest BCUT2D eigenvalue weighted by molar-refractivity contribution is 7.77. The molecule has 0 fully saturated rings. The molecule has 0 saturated carbocycles. The van der Waals surface area contributed by atoms with Crippen molar-refractivity contribution in [1.82, 2.24) is 4.31 Å². The maximum atomic E-state index is 4.46. The van der Waals surface area contributed by atoms with Crippen LogP contribution in [0.25, 0.3) is 0 Å². The minimum absolute atomic E-state index is 0.653. The molecule has 0 spiro atoms. The summed E-state index contributed by atoms with van der Waals surface area (Å²) in [4.78, 5) is 0. The van der Waals surface area contributed by atoms with E-state index in [-0.39, 0.29) is 0 Å². The zero-order valence-electron chi connectivity index (χ0n) is 8.17. The van der Waals surface area contributed by atoms with Crippen LogP contribution in [-0.2, 0) is 0 Å². The van der Waals surface area contributed by atoms with Gasteiger partial charge in [-0.05, 0) is 18.8 Å². The van der Waals surface area contributed by atoms with Crippen LogP contribution in [0.3, 0.4) is 0 Å². The quantitative estimate of drug-likeness (QED) is 0.629. The third-order valence-electron chi connectivity index (χ3n) is 1.92. The van der Waals surface area contributed by atoms with E-state index in [1.807, 2.05) is 0 Å². The van der Waals surface area contributed by atoms with Crippen LogP contribution in [0.4, 0.5) is 0 Å². The maximum absolute atomic E-state index is 4.46. The van der Waals surface area contributed by atoms with E-state index in [1.165, 1.54) is 12.8 Å². The first-order valence-electron chi connectivity index (χ1n) is 4.57. The van der Waals surface area contributed by atoms with Gasteiger partial charge in [-0.2, -0.15) is 0 Å². The smallest absolute Gasteiger partial charge is 0.0195 e. The van der Waals surface area contributed by atoms with Crippen LogP contribution in [-0.4, -0.2) is 16.9 Å². The lowest BCUT2D eigenvalue weighted by atomic mass is 10.1. The molecule has 68 valence electrons. The average Bonchev–Trinajstić information content (AvgIpc) is 1.88. The Kier molecular flexibility index (Phi) is 6.06. The second-order valence-electron chi connectivity index (χ2n) is 3.49. The molecule has 0 saturated heterocycles. The molecule has 0 aliphatic rings. The summed E-state index contributed by atoms with van der Waals surface area (Å²) in [6.45, 7) is 9.99. The molecule has 0 bridgehead atoms. The molecular formula is C9H21NS. The normalized spacial score (nSPS) is 12.0. The first kappa shape index (κ1) is 11.3. The maximum Gasteiger partial charge on any atom is 0.0195 e. The molecule has 0 radical (unpaired) electrons. The van der Waals surface area contributed by atoms with E-state index in [4.69, 9.17) is 0 Å². The molecular weight excluding hydrogens is 154 g/mol. The fourth-order valence-corrected chi connectivity index (χ4v) is 1.89. The first-order chi connectivity index (χ1) is 5.11. The van der Waals surface area contributed by atoms with E-state index in [0.717, 1.165) is 6.54 Å². The van der Waals surface area contributed by atoms with Gasteiger partial charge in [0.1, 0.15) is 0 Å². The summed E-state index contributed by atoms with van der Waals surface area (Å²) < 4.78 is 2.17. The van der Waals surface area contributed by atoms with Gasteiger partial charge in [-0.25, -0.2) is 4.31 Å². The molecule has 0 rings (SSSR count). The van der Waals surface area contributed by atoms with Gasteiger partial charge in [0.25, 0.3) is 0 Å². The zero-order chi connectivity index (χ0) is 8.85. The Bertz CT molecular complexity index is 89.6. The van der Waals surface area contributed by atoms with Crippen LogP contribution >= 0.6 is 12.8 Å². The highest BCUT2D eigenvalue weighted by Gasteiger charge is 2.11. The molecule has 0 unspecified atom stereocenters. The molecule has 0 heterocycles. The van der Waals surface area contributed by atoms with E-state index in [0.29, 0.717) is 12.0 Å². The summed E-state index contributed by atoms with van der Waals surface area (Å²) in [5.74, 6) is 0.716. The Morgan fingerprint density at radius 1 is 1.18 bits per heavy atom. The van der Waals surface area contributed by atoms with Gasteiger partial charge in [0.05, 0.1) is 0 Å². The fraction of sp³-hybridized carbons (Fsp3) is 1.00. The summed E-state index contributed by atoms with van der Waals surface area (Å²) in [5, 5.41) is 0. The topological polar surface area (TPSA) is 3.24 Å². The predicted octanol–water partition coefficient (Wildman–Crippen LogP) is 2.98. The minimum Gasteiger partial charge on any atom is -0.250 e. The van der Waals surface area contributed by atoms with Gasteiger partial charge in [0, 0.05) is 12.6 Å². The molecule has 0 aromatic rings.